The van der Waals surface area contributed by atoms with E-state index in [1.165, 1.54) is 4.31 Å². The van der Waals surface area contributed by atoms with E-state index in [0.717, 1.165) is 60.8 Å². The second-order valence-corrected chi connectivity index (χ2v) is 13.6. The first-order chi connectivity index (χ1) is 19.8. The maximum absolute atomic E-state index is 13.0. The van der Waals surface area contributed by atoms with E-state index in [-0.39, 0.29) is 18.5 Å². The largest absolute Gasteiger partial charge is 0.352 e. The van der Waals surface area contributed by atoms with Gasteiger partial charge >= 0.3 is 0 Å². The number of aromatic nitrogens is 1. The maximum atomic E-state index is 13.0. The molecule has 1 aromatic carbocycles. The van der Waals surface area contributed by atoms with Gasteiger partial charge in [0.15, 0.2) is 0 Å². The average Bonchev–Trinajstić information content (AvgIpc) is 3.85. The van der Waals surface area contributed by atoms with Crippen LogP contribution in [0.5, 0.6) is 0 Å². The Morgan fingerprint density at radius 2 is 1.90 bits per heavy atom. The van der Waals surface area contributed by atoms with Gasteiger partial charge in [0.25, 0.3) is 10.0 Å². The number of amides is 1. The van der Waals surface area contributed by atoms with Crippen LogP contribution in [0.1, 0.15) is 62.1 Å². The monoisotopic (exact) mass is 571 g/mol. The Hall–Kier alpha value is -3.64. The van der Waals surface area contributed by atoms with Crippen molar-refractivity contribution >= 4 is 27.4 Å². The summed E-state index contributed by atoms with van der Waals surface area (Å²) in [6.07, 6.45) is 8.59. The van der Waals surface area contributed by atoms with E-state index >= 15 is 0 Å². The summed E-state index contributed by atoms with van der Waals surface area (Å²) in [7, 11) is -3.71. The predicted molar refractivity (Wildman–Crippen MR) is 161 cm³/mol. The number of benzene rings is 1. The fraction of sp³-hybridized carbons (Fsp3) is 0.469. The Morgan fingerprint density at radius 1 is 1.12 bits per heavy atom. The Labute approximate surface area is 243 Å². The van der Waals surface area contributed by atoms with Crippen LogP contribution < -0.4 is 9.21 Å². The van der Waals surface area contributed by atoms with E-state index in [1.807, 2.05) is 24.3 Å². The van der Waals surface area contributed by atoms with E-state index in [9.17, 15) is 18.5 Å². The molecule has 4 fully saturated rings. The predicted octanol–water partition coefficient (Wildman–Crippen LogP) is 5.19. The molecule has 8 nitrogen and oxygen atoms in total. The molecule has 9 heteroatoms. The molecule has 1 atom stereocenters. The lowest BCUT2D eigenvalue weighted by atomic mass is 9.98. The van der Waals surface area contributed by atoms with Crippen LogP contribution in [0.2, 0.25) is 0 Å². The van der Waals surface area contributed by atoms with Gasteiger partial charge in [-0.15, -0.1) is 6.58 Å². The highest BCUT2D eigenvalue weighted by atomic mass is 32.2. The number of sulfonamides is 1. The number of nitriles is 1. The van der Waals surface area contributed by atoms with Crippen molar-refractivity contribution in [3.63, 3.8) is 0 Å². The van der Waals surface area contributed by atoms with Crippen molar-refractivity contribution in [3.8, 4) is 17.2 Å². The Bertz CT molecular complexity index is 1520. The van der Waals surface area contributed by atoms with Crippen LogP contribution >= 0.6 is 0 Å². The average molecular weight is 572 g/mol. The van der Waals surface area contributed by atoms with Crippen molar-refractivity contribution in [3.05, 3.63) is 66.2 Å². The fourth-order valence-electron chi connectivity index (χ4n) is 6.00. The fourth-order valence-corrected chi connectivity index (χ4v) is 6.94. The van der Waals surface area contributed by atoms with Crippen molar-refractivity contribution in [1.29, 1.82) is 5.26 Å². The number of anilines is 2. The van der Waals surface area contributed by atoms with E-state index in [4.69, 9.17) is 4.98 Å². The molecule has 1 aromatic heterocycles. The molecule has 0 N–H and O–H groups in total. The van der Waals surface area contributed by atoms with Crippen LogP contribution in [0.3, 0.4) is 0 Å². The zero-order valence-corrected chi connectivity index (χ0v) is 24.2. The number of hydrogen-bond acceptors (Lipinski definition) is 6. The molecule has 0 bridgehead atoms. The second-order valence-electron chi connectivity index (χ2n) is 11.7. The molecule has 4 aliphatic rings. The van der Waals surface area contributed by atoms with E-state index in [0.29, 0.717) is 60.9 Å². The summed E-state index contributed by atoms with van der Waals surface area (Å²) in [5.74, 6) is 2.07. The molecule has 0 spiro atoms. The number of rotatable bonds is 11. The van der Waals surface area contributed by atoms with Crippen LogP contribution in [0.15, 0.2) is 55.0 Å². The number of nitrogens with zero attached hydrogens (tertiary/aromatic N) is 5. The summed E-state index contributed by atoms with van der Waals surface area (Å²) in [6, 6.07) is 11.9. The molecular weight excluding hydrogens is 534 g/mol. The maximum Gasteiger partial charge on any atom is 0.256 e. The van der Waals surface area contributed by atoms with Gasteiger partial charge < -0.3 is 9.80 Å². The lowest BCUT2D eigenvalue weighted by molar-refractivity contribution is -0.135. The molecule has 41 heavy (non-hydrogen) atoms. The molecule has 3 aliphatic carbocycles. The van der Waals surface area contributed by atoms with Crippen molar-refractivity contribution in [2.75, 3.05) is 35.4 Å². The number of carbonyl (C=O) groups is 1. The quantitative estimate of drug-likeness (QED) is 0.344. The van der Waals surface area contributed by atoms with Crippen molar-refractivity contribution in [2.45, 2.75) is 56.9 Å². The molecule has 2 heterocycles. The highest BCUT2D eigenvalue weighted by Crippen LogP contribution is 2.46. The zero-order valence-electron chi connectivity index (χ0n) is 23.4. The van der Waals surface area contributed by atoms with Crippen molar-refractivity contribution in [1.82, 2.24) is 9.88 Å². The zero-order chi connectivity index (χ0) is 28.7. The lowest BCUT2D eigenvalue weighted by Crippen LogP contribution is -2.57. The Morgan fingerprint density at radius 3 is 2.54 bits per heavy atom. The molecular formula is C32H37N5O3S. The van der Waals surface area contributed by atoms with Gasteiger partial charge in [-0.05, 0) is 74.6 Å². The van der Waals surface area contributed by atoms with Gasteiger partial charge in [0.1, 0.15) is 11.9 Å². The summed E-state index contributed by atoms with van der Waals surface area (Å²) in [6.45, 7) is 9.55. The minimum absolute atomic E-state index is 0.180. The lowest BCUT2D eigenvalue weighted by Gasteiger charge is -2.43. The van der Waals surface area contributed by atoms with Gasteiger partial charge in [-0.3, -0.25) is 9.10 Å². The Kier molecular flexibility index (Phi) is 7.37. The molecule has 2 aromatic rings. The van der Waals surface area contributed by atoms with E-state index < -0.39 is 10.0 Å². The van der Waals surface area contributed by atoms with Crippen molar-refractivity contribution in [2.24, 2.45) is 11.8 Å². The molecule has 6 rings (SSSR count). The SMILES string of the molecule is C=CCCN(c1cccc(-c2cc(C#N)c(N3CCN(C(=O)C4CC4)C(C4CC4)C3)nc2C2CC2)c1)S(=O)(=O)C=C. The number of hydrogen-bond donors (Lipinski definition) is 0. The van der Waals surface area contributed by atoms with Gasteiger partial charge in [0.2, 0.25) is 5.91 Å². The number of pyridine rings is 1. The summed E-state index contributed by atoms with van der Waals surface area (Å²) in [4.78, 5) is 22.5. The van der Waals surface area contributed by atoms with Crippen LogP contribution in [0.4, 0.5) is 11.5 Å². The Balaban J connectivity index is 1.35. The molecule has 1 amide bonds. The van der Waals surface area contributed by atoms with Gasteiger partial charge in [-0.25, -0.2) is 13.4 Å². The highest BCUT2D eigenvalue weighted by molar-refractivity contribution is 7.95. The van der Waals surface area contributed by atoms with Gasteiger partial charge in [0.05, 0.1) is 23.0 Å². The van der Waals surface area contributed by atoms with Gasteiger partial charge in [-0.1, -0.05) is 24.8 Å². The molecule has 1 aliphatic heterocycles. The molecule has 3 saturated carbocycles. The van der Waals surface area contributed by atoms with Gasteiger partial charge in [-0.2, -0.15) is 5.26 Å². The van der Waals surface area contributed by atoms with Crippen LogP contribution in [-0.4, -0.2) is 56.4 Å². The third kappa shape index (κ3) is 5.62. The molecule has 1 unspecified atom stereocenters. The minimum atomic E-state index is -3.71. The van der Waals surface area contributed by atoms with Crippen LogP contribution in [0, 0.1) is 23.2 Å². The van der Waals surface area contributed by atoms with Crippen LogP contribution in [-0.2, 0) is 14.8 Å². The summed E-state index contributed by atoms with van der Waals surface area (Å²) in [5.41, 5.74) is 3.71. The number of piperazine rings is 1. The van der Waals surface area contributed by atoms with E-state index in [1.54, 1.807) is 12.1 Å². The molecule has 0 radical (unpaired) electrons. The smallest absolute Gasteiger partial charge is 0.256 e. The first-order valence-electron chi connectivity index (χ1n) is 14.7. The first-order valence-corrected chi connectivity index (χ1v) is 16.2. The minimum Gasteiger partial charge on any atom is -0.352 e. The second kappa shape index (κ2) is 11.0. The third-order valence-electron chi connectivity index (χ3n) is 8.71. The topological polar surface area (TPSA) is 97.6 Å². The summed E-state index contributed by atoms with van der Waals surface area (Å²) >= 11 is 0. The summed E-state index contributed by atoms with van der Waals surface area (Å²) in [5, 5.41) is 11.2. The van der Waals surface area contributed by atoms with Crippen LogP contribution in [0.25, 0.3) is 11.1 Å². The van der Waals surface area contributed by atoms with E-state index in [2.05, 4.69) is 29.0 Å². The summed E-state index contributed by atoms with van der Waals surface area (Å²) < 4.78 is 27.0. The highest BCUT2D eigenvalue weighted by Gasteiger charge is 2.45. The standard InChI is InChI=1S/C32H37N5O3S/c1-3-5-15-37(41(39,40)4-2)27-8-6-7-25(18-27)28-19-26(20-33)31(34-30(28)23-11-12-23)35-16-17-36(32(38)24-13-14-24)29(21-35)22-9-10-22/h3-4,6-8,18-19,22-24,29H,1-2,5,9-17,21H2. The van der Waals surface area contributed by atoms with Crippen molar-refractivity contribution < 1.29 is 13.2 Å². The third-order valence-corrected chi connectivity index (χ3v) is 10.1. The first kappa shape index (κ1) is 27.5. The number of carbonyl (C=O) groups excluding carboxylic acids is 1. The molecule has 1 saturated heterocycles. The normalized spacial score (nSPS) is 20.8. The van der Waals surface area contributed by atoms with Gasteiger partial charge in [0, 0.05) is 49.0 Å². The molecule has 214 valence electrons.